The summed E-state index contributed by atoms with van der Waals surface area (Å²) in [6, 6.07) is 11.5. The van der Waals surface area contributed by atoms with Gasteiger partial charge in [0.1, 0.15) is 0 Å². The van der Waals surface area contributed by atoms with E-state index in [1.807, 2.05) is 0 Å². The van der Waals surface area contributed by atoms with Crippen molar-refractivity contribution in [3.63, 3.8) is 0 Å². The van der Waals surface area contributed by atoms with Crippen LogP contribution in [0.2, 0.25) is 0 Å². The number of rotatable bonds is 5. The molecule has 3 rings (SSSR count). The molecule has 2 nitrogen and oxygen atoms in total. The number of hydrogen-bond acceptors (Lipinski definition) is 2. The van der Waals surface area contributed by atoms with Crippen LogP contribution in [0, 0.1) is 11.8 Å². The van der Waals surface area contributed by atoms with Crippen LogP contribution in [0.15, 0.2) is 30.3 Å². The second-order valence-electron chi connectivity index (χ2n) is 5.76. The Morgan fingerprint density at radius 3 is 2.61 bits per heavy atom. The van der Waals surface area contributed by atoms with Crippen molar-refractivity contribution in [1.29, 1.82) is 0 Å². The lowest BCUT2D eigenvalue weighted by Gasteiger charge is -2.22. The summed E-state index contributed by atoms with van der Waals surface area (Å²) in [5.41, 5.74) is 1.45. The standard InChI is InChI=1S/C16H23NO/c1-12-15(9-10-18-12)11-17-16(14-7-8-14)13-5-3-2-4-6-13/h2-6,12,14-17H,7-11H2,1H3. The van der Waals surface area contributed by atoms with E-state index < -0.39 is 0 Å². The van der Waals surface area contributed by atoms with E-state index in [-0.39, 0.29) is 0 Å². The highest BCUT2D eigenvalue weighted by atomic mass is 16.5. The minimum atomic E-state index is 0.424. The molecular formula is C16H23NO. The number of ether oxygens (including phenoxy) is 1. The summed E-state index contributed by atoms with van der Waals surface area (Å²) >= 11 is 0. The number of nitrogens with one attached hydrogen (secondary N) is 1. The Kier molecular flexibility index (Phi) is 3.67. The van der Waals surface area contributed by atoms with Crippen LogP contribution in [0.1, 0.15) is 37.8 Å². The molecule has 3 unspecified atom stereocenters. The monoisotopic (exact) mass is 245 g/mol. The Labute approximate surface area is 110 Å². The van der Waals surface area contributed by atoms with E-state index in [9.17, 15) is 0 Å². The van der Waals surface area contributed by atoms with Crippen LogP contribution in [-0.4, -0.2) is 19.3 Å². The first-order chi connectivity index (χ1) is 8.84. The average Bonchev–Trinajstić information content (AvgIpc) is 3.15. The molecule has 1 aromatic rings. The molecule has 1 heterocycles. The molecule has 3 atom stereocenters. The van der Waals surface area contributed by atoms with Crippen LogP contribution in [0.4, 0.5) is 0 Å². The van der Waals surface area contributed by atoms with Crippen LogP contribution >= 0.6 is 0 Å². The van der Waals surface area contributed by atoms with E-state index in [1.54, 1.807) is 0 Å². The van der Waals surface area contributed by atoms with E-state index in [0.717, 1.165) is 19.1 Å². The summed E-state index contributed by atoms with van der Waals surface area (Å²) in [4.78, 5) is 0. The molecule has 2 fully saturated rings. The molecule has 1 N–H and O–H groups in total. The molecule has 98 valence electrons. The van der Waals surface area contributed by atoms with Gasteiger partial charge >= 0.3 is 0 Å². The summed E-state index contributed by atoms with van der Waals surface area (Å²) < 4.78 is 5.64. The Balaban J connectivity index is 1.61. The second-order valence-corrected chi connectivity index (χ2v) is 5.76. The highest BCUT2D eigenvalue weighted by molar-refractivity contribution is 5.21. The van der Waals surface area contributed by atoms with E-state index in [0.29, 0.717) is 18.1 Å². The Hall–Kier alpha value is -0.860. The molecule has 0 aromatic heterocycles. The lowest BCUT2D eigenvalue weighted by Crippen LogP contribution is -2.31. The maximum atomic E-state index is 5.64. The predicted molar refractivity (Wildman–Crippen MR) is 73.4 cm³/mol. The van der Waals surface area contributed by atoms with Crippen molar-refractivity contribution < 1.29 is 4.74 Å². The van der Waals surface area contributed by atoms with Gasteiger partial charge < -0.3 is 10.1 Å². The fourth-order valence-corrected chi connectivity index (χ4v) is 2.97. The molecule has 0 spiro atoms. The van der Waals surface area contributed by atoms with Gasteiger partial charge in [-0.15, -0.1) is 0 Å². The zero-order valence-corrected chi connectivity index (χ0v) is 11.1. The van der Waals surface area contributed by atoms with Gasteiger partial charge in [-0.25, -0.2) is 0 Å². The van der Waals surface area contributed by atoms with E-state index in [1.165, 1.54) is 24.8 Å². The molecule has 1 saturated carbocycles. The van der Waals surface area contributed by atoms with Crippen LogP contribution in [0.3, 0.4) is 0 Å². The summed E-state index contributed by atoms with van der Waals surface area (Å²) in [6.07, 6.45) is 4.39. The Bertz CT molecular complexity index is 374. The quantitative estimate of drug-likeness (QED) is 0.860. The van der Waals surface area contributed by atoms with Gasteiger partial charge in [0.15, 0.2) is 0 Å². The van der Waals surface area contributed by atoms with Crippen molar-refractivity contribution in [1.82, 2.24) is 5.32 Å². The van der Waals surface area contributed by atoms with Gasteiger partial charge in [-0.1, -0.05) is 30.3 Å². The average molecular weight is 245 g/mol. The van der Waals surface area contributed by atoms with E-state index in [2.05, 4.69) is 42.6 Å². The van der Waals surface area contributed by atoms with Gasteiger partial charge in [-0.2, -0.15) is 0 Å². The van der Waals surface area contributed by atoms with Gasteiger partial charge in [0.2, 0.25) is 0 Å². The fraction of sp³-hybridized carbons (Fsp3) is 0.625. The van der Waals surface area contributed by atoms with Crippen molar-refractivity contribution in [3.05, 3.63) is 35.9 Å². The zero-order chi connectivity index (χ0) is 12.4. The molecular weight excluding hydrogens is 222 g/mol. The molecule has 2 heteroatoms. The largest absolute Gasteiger partial charge is 0.378 e. The first-order valence-corrected chi connectivity index (χ1v) is 7.24. The molecule has 0 amide bonds. The lowest BCUT2D eigenvalue weighted by molar-refractivity contribution is 0.104. The zero-order valence-electron chi connectivity index (χ0n) is 11.1. The third kappa shape index (κ3) is 2.76. The minimum Gasteiger partial charge on any atom is -0.378 e. The second kappa shape index (κ2) is 5.41. The summed E-state index contributed by atoms with van der Waals surface area (Å²) in [7, 11) is 0. The molecule has 1 saturated heterocycles. The van der Waals surface area contributed by atoms with Gasteiger partial charge in [0, 0.05) is 19.2 Å². The van der Waals surface area contributed by atoms with Gasteiger partial charge in [0.25, 0.3) is 0 Å². The predicted octanol–water partition coefficient (Wildman–Crippen LogP) is 3.15. The fourth-order valence-electron chi connectivity index (χ4n) is 2.97. The van der Waals surface area contributed by atoms with Crippen molar-refractivity contribution in [2.75, 3.05) is 13.2 Å². The molecule has 1 aromatic carbocycles. The first-order valence-electron chi connectivity index (χ1n) is 7.24. The highest BCUT2D eigenvalue weighted by Gasteiger charge is 2.33. The Morgan fingerprint density at radius 1 is 1.22 bits per heavy atom. The first kappa shape index (κ1) is 12.2. The molecule has 0 bridgehead atoms. The summed E-state index contributed by atoms with van der Waals surface area (Å²) in [6.45, 7) is 4.23. The molecule has 18 heavy (non-hydrogen) atoms. The third-order valence-electron chi connectivity index (χ3n) is 4.39. The van der Waals surface area contributed by atoms with Gasteiger partial charge in [0.05, 0.1) is 6.10 Å². The normalized spacial score (nSPS) is 29.4. The maximum Gasteiger partial charge on any atom is 0.0588 e. The van der Waals surface area contributed by atoms with Gasteiger partial charge in [-0.05, 0) is 43.6 Å². The van der Waals surface area contributed by atoms with Crippen molar-refractivity contribution >= 4 is 0 Å². The smallest absolute Gasteiger partial charge is 0.0588 e. The summed E-state index contributed by atoms with van der Waals surface area (Å²) in [5.74, 6) is 1.54. The van der Waals surface area contributed by atoms with Crippen LogP contribution in [0.25, 0.3) is 0 Å². The molecule has 1 aliphatic carbocycles. The summed E-state index contributed by atoms with van der Waals surface area (Å²) in [5, 5.41) is 3.79. The minimum absolute atomic E-state index is 0.424. The Morgan fingerprint density at radius 2 is 2.00 bits per heavy atom. The third-order valence-corrected chi connectivity index (χ3v) is 4.39. The van der Waals surface area contributed by atoms with E-state index >= 15 is 0 Å². The highest BCUT2D eigenvalue weighted by Crippen LogP contribution is 2.41. The van der Waals surface area contributed by atoms with Crippen molar-refractivity contribution in [2.24, 2.45) is 11.8 Å². The van der Waals surface area contributed by atoms with Gasteiger partial charge in [-0.3, -0.25) is 0 Å². The molecule has 1 aliphatic heterocycles. The maximum absolute atomic E-state index is 5.64. The number of benzene rings is 1. The molecule has 0 radical (unpaired) electrons. The lowest BCUT2D eigenvalue weighted by atomic mass is 9.99. The molecule has 2 aliphatic rings. The van der Waals surface area contributed by atoms with Crippen LogP contribution in [-0.2, 0) is 4.74 Å². The SMILES string of the molecule is CC1OCCC1CNC(c1ccccc1)C1CC1. The van der Waals surface area contributed by atoms with Crippen LogP contribution < -0.4 is 5.32 Å². The van der Waals surface area contributed by atoms with Crippen molar-refractivity contribution in [3.8, 4) is 0 Å². The van der Waals surface area contributed by atoms with E-state index in [4.69, 9.17) is 4.74 Å². The van der Waals surface area contributed by atoms with Crippen LogP contribution in [0.5, 0.6) is 0 Å². The number of hydrogen-bond donors (Lipinski definition) is 1. The van der Waals surface area contributed by atoms with Crippen molar-refractivity contribution in [2.45, 2.75) is 38.3 Å². The topological polar surface area (TPSA) is 21.3 Å².